The number of anilines is 1. The van der Waals surface area contributed by atoms with Crippen LogP contribution < -0.4 is 5.73 Å². The van der Waals surface area contributed by atoms with Crippen molar-refractivity contribution in [2.75, 3.05) is 12.8 Å². The first-order valence-electron chi connectivity index (χ1n) is 4.15. The largest absolute Gasteiger partial charge is 0.399 e. The zero-order valence-electron chi connectivity index (χ0n) is 7.95. The third-order valence-electron chi connectivity index (χ3n) is 1.91. The lowest BCUT2D eigenvalue weighted by molar-refractivity contribution is -0.128. The molecule has 0 atom stereocenters. The van der Waals surface area contributed by atoms with Crippen LogP contribution in [0, 0.1) is 0 Å². The first-order valence-corrected chi connectivity index (χ1v) is 4.15. The van der Waals surface area contributed by atoms with Crippen LogP contribution in [0.15, 0.2) is 24.3 Å². The summed E-state index contributed by atoms with van der Waals surface area (Å²) in [6, 6.07) is 7.55. The van der Waals surface area contributed by atoms with Gasteiger partial charge in [0.2, 0.25) is 5.91 Å². The molecule has 0 unspecified atom stereocenters. The predicted octanol–water partition coefficient (Wildman–Crippen LogP) is 1.25. The average Bonchev–Trinajstić information content (AvgIpc) is 2.04. The molecule has 70 valence electrons. The van der Waals surface area contributed by atoms with Gasteiger partial charge in [-0.25, -0.2) is 0 Å². The molecule has 2 N–H and O–H groups in total. The molecule has 0 spiro atoms. The van der Waals surface area contributed by atoms with Crippen LogP contribution in [0.4, 0.5) is 5.69 Å². The van der Waals surface area contributed by atoms with E-state index < -0.39 is 0 Å². The minimum absolute atomic E-state index is 0.0578. The Morgan fingerprint density at radius 2 is 2.23 bits per heavy atom. The van der Waals surface area contributed by atoms with E-state index in [-0.39, 0.29) is 5.91 Å². The summed E-state index contributed by atoms with van der Waals surface area (Å²) in [6.45, 7) is 2.16. The van der Waals surface area contributed by atoms with E-state index in [0.717, 1.165) is 11.3 Å². The molecule has 0 aliphatic rings. The number of hydrogen-bond acceptors (Lipinski definition) is 2. The number of nitrogen functional groups attached to an aromatic ring is 1. The van der Waals surface area contributed by atoms with Crippen molar-refractivity contribution in [3.8, 4) is 0 Å². The number of nitrogens with two attached hydrogens (primary N) is 1. The van der Waals surface area contributed by atoms with Crippen molar-refractivity contribution < 1.29 is 4.79 Å². The molecule has 1 aromatic rings. The Labute approximate surface area is 78.2 Å². The monoisotopic (exact) mass is 178 g/mol. The van der Waals surface area contributed by atoms with E-state index in [2.05, 4.69) is 0 Å². The molecule has 0 radical (unpaired) electrons. The van der Waals surface area contributed by atoms with E-state index in [1.54, 1.807) is 18.9 Å². The fourth-order valence-electron chi connectivity index (χ4n) is 1.08. The Kier molecular flexibility index (Phi) is 2.90. The molecule has 0 aliphatic heterocycles. The summed E-state index contributed by atoms with van der Waals surface area (Å²) in [4.78, 5) is 12.6. The van der Waals surface area contributed by atoms with Gasteiger partial charge in [0.25, 0.3) is 0 Å². The van der Waals surface area contributed by atoms with Crippen LogP contribution >= 0.6 is 0 Å². The van der Waals surface area contributed by atoms with Crippen molar-refractivity contribution in [1.29, 1.82) is 0 Å². The van der Waals surface area contributed by atoms with Gasteiger partial charge in [0.15, 0.2) is 0 Å². The maximum Gasteiger partial charge on any atom is 0.219 e. The summed E-state index contributed by atoms with van der Waals surface area (Å²) in [5, 5.41) is 0. The van der Waals surface area contributed by atoms with Gasteiger partial charge in [-0.2, -0.15) is 0 Å². The van der Waals surface area contributed by atoms with Crippen LogP contribution in [0.25, 0.3) is 0 Å². The third kappa shape index (κ3) is 2.78. The minimum Gasteiger partial charge on any atom is -0.399 e. The molecule has 0 saturated carbocycles. The summed E-state index contributed by atoms with van der Waals surface area (Å²) in [6.07, 6.45) is 0. The molecule has 0 aromatic heterocycles. The Morgan fingerprint density at radius 3 is 2.77 bits per heavy atom. The van der Waals surface area contributed by atoms with Crippen LogP contribution in [0.5, 0.6) is 0 Å². The second-order valence-corrected chi connectivity index (χ2v) is 3.12. The molecule has 0 heterocycles. The van der Waals surface area contributed by atoms with E-state index in [9.17, 15) is 4.79 Å². The number of nitrogens with zero attached hydrogens (tertiary/aromatic N) is 1. The molecule has 0 saturated heterocycles. The number of rotatable bonds is 2. The standard InChI is InChI=1S/C10H14N2O/c1-8(13)12(2)7-9-4-3-5-10(11)6-9/h3-6H,7,11H2,1-2H3. The van der Waals surface area contributed by atoms with Crippen LogP contribution in [-0.4, -0.2) is 17.9 Å². The highest BCUT2D eigenvalue weighted by Gasteiger charge is 2.02. The van der Waals surface area contributed by atoms with Crippen LogP contribution in [-0.2, 0) is 11.3 Å². The smallest absolute Gasteiger partial charge is 0.219 e. The quantitative estimate of drug-likeness (QED) is 0.693. The second kappa shape index (κ2) is 3.94. The van der Waals surface area contributed by atoms with Gasteiger partial charge in [-0.15, -0.1) is 0 Å². The van der Waals surface area contributed by atoms with Crippen molar-refractivity contribution in [2.45, 2.75) is 13.5 Å². The zero-order valence-corrected chi connectivity index (χ0v) is 7.95. The second-order valence-electron chi connectivity index (χ2n) is 3.12. The van der Waals surface area contributed by atoms with Gasteiger partial charge in [-0.05, 0) is 17.7 Å². The summed E-state index contributed by atoms with van der Waals surface area (Å²) < 4.78 is 0. The van der Waals surface area contributed by atoms with E-state index in [1.165, 1.54) is 0 Å². The maximum atomic E-state index is 10.9. The molecule has 3 nitrogen and oxygen atoms in total. The van der Waals surface area contributed by atoms with Crippen molar-refractivity contribution in [3.05, 3.63) is 29.8 Å². The molecule has 0 aliphatic carbocycles. The molecular formula is C10H14N2O. The number of carbonyl (C=O) groups excluding carboxylic acids is 1. The SMILES string of the molecule is CC(=O)N(C)Cc1cccc(N)c1. The summed E-state index contributed by atoms with van der Waals surface area (Å²) >= 11 is 0. The highest BCUT2D eigenvalue weighted by Crippen LogP contribution is 2.08. The van der Waals surface area contributed by atoms with Crippen molar-refractivity contribution in [1.82, 2.24) is 4.90 Å². The summed E-state index contributed by atoms with van der Waals surface area (Å²) in [5.41, 5.74) is 7.39. The van der Waals surface area contributed by atoms with Gasteiger partial charge < -0.3 is 10.6 Å². The molecule has 1 aromatic carbocycles. The van der Waals surface area contributed by atoms with Crippen LogP contribution in [0.1, 0.15) is 12.5 Å². The Morgan fingerprint density at radius 1 is 1.54 bits per heavy atom. The molecule has 1 amide bonds. The highest BCUT2D eigenvalue weighted by atomic mass is 16.2. The van der Waals surface area contributed by atoms with E-state index in [4.69, 9.17) is 5.73 Å². The number of amides is 1. The first-order chi connectivity index (χ1) is 6.09. The van der Waals surface area contributed by atoms with Gasteiger partial charge in [-0.3, -0.25) is 4.79 Å². The van der Waals surface area contributed by atoms with Gasteiger partial charge in [0.05, 0.1) is 0 Å². The van der Waals surface area contributed by atoms with Gasteiger partial charge in [0.1, 0.15) is 0 Å². The molecular weight excluding hydrogens is 164 g/mol. The molecule has 3 heteroatoms. The van der Waals surface area contributed by atoms with Gasteiger partial charge >= 0.3 is 0 Å². The van der Waals surface area contributed by atoms with Crippen molar-refractivity contribution in [2.24, 2.45) is 0 Å². The van der Waals surface area contributed by atoms with E-state index in [1.807, 2.05) is 24.3 Å². The maximum absolute atomic E-state index is 10.9. The van der Waals surface area contributed by atoms with E-state index >= 15 is 0 Å². The minimum atomic E-state index is 0.0578. The Hall–Kier alpha value is -1.51. The lowest BCUT2D eigenvalue weighted by Crippen LogP contribution is -2.22. The zero-order chi connectivity index (χ0) is 9.84. The lowest BCUT2D eigenvalue weighted by Gasteiger charge is -2.14. The fourth-order valence-corrected chi connectivity index (χ4v) is 1.08. The number of carbonyl (C=O) groups is 1. The summed E-state index contributed by atoms with van der Waals surface area (Å²) in [5.74, 6) is 0.0578. The summed E-state index contributed by atoms with van der Waals surface area (Å²) in [7, 11) is 1.77. The number of hydrogen-bond donors (Lipinski definition) is 1. The van der Waals surface area contributed by atoms with Crippen LogP contribution in [0.3, 0.4) is 0 Å². The van der Waals surface area contributed by atoms with E-state index in [0.29, 0.717) is 6.54 Å². The highest BCUT2D eigenvalue weighted by molar-refractivity contribution is 5.72. The third-order valence-corrected chi connectivity index (χ3v) is 1.91. The average molecular weight is 178 g/mol. The van der Waals surface area contributed by atoms with Crippen LogP contribution in [0.2, 0.25) is 0 Å². The van der Waals surface area contributed by atoms with Gasteiger partial charge in [0, 0.05) is 26.2 Å². The lowest BCUT2D eigenvalue weighted by atomic mass is 10.2. The fraction of sp³-hybridized carbons (Fsp3) is 0.300. The number of benzene rings is 1. The Bertz CT molecular complexity index is 310. The molecule has 0 fully saturated rings. The predicted molar refractivity (Wildman–Crippen MR) is 53.0 cm³/mol. The molecule has 0 bridgehead atoms. The molecule has 13 heavy (non-hydrogen) atoms. The van der Waals surface area contributed by atoms with Crippen molar-refractivity contribution in [3.63, 3.8) is 0 Å². The topological polar surface area (TPSA) is 46.3 Å². The first kappa shape index (κ1) is 9.58. The van der Waals surface area contributed by atoms with Crippen molar-refractivity contribution >= 4 is 11.6 Å². The van der Waals surface area contributed by atoms with Gasteiger partial charge in [-0.1, -0.05) is 12.1 Å². The molecule has 1 rings (SSSR count). The normalized spacial score (nSPS) is 9.69. The Balaban J connectivity index is 2.69.